The highest BCUT2D eigenvalue weighted by Gasteiger charge is 2.21. The zero-order valence-corrected chi connectivity index (χ0v) is 13.8. The zero-order valence-electron chi connectivity index (χ0n) is 11.3. The number of aryl methyl sites for hydroxylation is 2. The minimum absolute atomic E-state index is 0.236. The van der Waals surface area contributed by atoms with Crippen LogP contribution in [0.3, 0.4) is 0 Å². The molecule has 0 atom stereocenters. The number of aromatic nitrogens is 1. The molecule has 0 aromatic carbocycles. The SMILES string of the molecule is Cc1nc(CCNS(=O)(=O)c2c(C)csc2CN)cs1. The molecule has 2 aromatic heterocycles. The van der Waals surface area contributed by atoms with Crippen molar-refractivity contribution in [3.8, 4) is 0 Å². The Hall–Kier alpha value is -0.800. The molecule has 0 bridgehead atoms. The number of nitrogens with two attached hydrogens (primary N) is 1. The summed E-state index contributed by atoms with van der Waals surface area (Å²) < 4.78 is 27.2. The van der Waals surface area contributed by atoms with Gasteiger partial charge in [-0.05, 0) is 24.8 Å². The molecule has 2 rings (SSSR count). The van der Waals surface area contributed by atoms with Gasteiger partial charge in [-0.2, -0.15) is 0 Å². The fourth-order valence-electron chi connectivity index (χ4n) is 1.90. The van der Waals surface area contributed by atoms with Crippen LogP contribution in [0.1, 0.15) is 21.1 Å². The van der Waals surface area contributed by atoms with Gasteiger partial charge in [-0.3, -0.25) is 0 Å². The first kappa shape index (κ1) is 15.6. The smallest absolute Gasteiger partial charge is 0.241 e. The van der Waals surface area contributed by atoms with Crippen molar-refractivity contribution in [1.29, 1.82) is 0 Å². The fourth-order valence-corrected chi connectivity index (χ4v) is 5.28. The Morgan fingerprint density at radius 2 is 2.05 bits per heavy atom. The summed E-state index contributed by atoms with van der Waals surface area (Å²) in [6, 6.07) is 0. The number of hydrogen-bond donors (Lipinski definition) is 2. The third-order valence-corrected chi connectivity index (χ3v) is 6.55. The van der Waals surface area contributed by atoms with Crippen molar-refractivity contribution in [1.82, 2.24) is 9.71 Å². The molecule has 8 heteroatoms. The van der Waals surface area contributed by atoms with Crippen molar-refractivity contribution in [3.63, 3.8) is 0 Å². The Bertz CT molecular complexity index is 689. The van der Waals surface area contributed by atoms with Crippen molar-refractivity contribution in [2.24, 2.45) is 5.73 Å². The second kappa shape index (κ2) is 6.31. The van der Waals surface area contributed by atoms with Crippen LogP contribution in [0, 0.1) is 13.8 Å². The Balaban J connectivity index is 2.06. The molecule has 0 spiro atoms. The predicted octanol–water partition coefficient (Wildman–Crippen LogP) is 1.80. The van der Waals surface area contributed by atoms with Crippen LogP contribution in [0.4, 0.5) is 0 Å². The molecule has 20 heavy (non-hydrogen) atoms. The van der Waals surface area contributed by atoms with Gasteiger partial charge < -0.3 is 5.73 Å². The highest BCUT2D eigenvalue weighted by Crippen LogP contribution is 2.26. The lowest BCUT2D eigenvalue weighted by atomic mass is 10.3. The van der Waals surface area contributed by atoms with Crippen molar-refractivity contribution < 1.29 is 8.42 Å². The van der Waals surface area contributed by atoms with E-state index in [1.54, 1.807) is 18.3 Å². The maximum Gasteiger partial charge on any atom is 0.241 e. The lowest BCUT2D eigenvalue weighted by molar-refractivity contribution is 0.580. The van der Waals surface area contributed by atoms with Crippen molar-refractivity contribution in [2.45, 2.75) is 31.7 Å². The second-order valence-electron chi connectivity index (χ2n) is 4.38. The number of rotatable bonds is 6. The van der Waals surface area contributed by atoms with Crippen LogP contribution < -0.4 is 10.5 Å². The van der Waals surface area contributed by atoms with Gasteiger partial charge in [-0.25, -0.2) is 18.1 Å². The van der Waals surface area contributed by atoms with Crippen LogP contribution in [-0.4, -0.2) is 19.9 Å². The molecule has 0 fully saturated rings. The summed E-state index contributed by atoms with van der Waals surface area (Å²) in [6.07, 6.45) is 0.588. The molecule has 0 amide bonds. The van der Waals surface area contributed by atoms with Gasteiger partial charge >= 0.3 is 0 Å². The Kier molecular flexibility index (Phi) is 4.92. The maximum atomic E-state index is 12.3. The summed E-state index contributed by atoms with van der Waals surface area (Å²) in [5.41, 5.74) is 7.25. The molecule has 2 heterocycles. The number of hydrogen-bond acceptors (Lipinski definition) is 6. The van der Waals surface area contributed by atoms with Crippen LogP contribution in [0.15, 0.2) is 15.7 Å². The normalized spacial score (nSPS) is 11.9. The van der Waals surface area contributed by atoms with Gasteiger partial charge in [0.25, 0.3) is 0 Å². The van der Waals surface area contributed by atoms with E-state index in [0.717, 1.165) is 16.3 Å². The zero-order chi connectivity index (χ0) is 14.8. The first-order chi connectivity index (χ1) is 9.44. The minimum atomic E-state index is -3.50. The van der Waals surface area contributed by atoms with E-state index in [-0.39, 0.29) is 6.54 Å². The van der Waals surface area contributed by atoms with Crippen LogP contribution >= 0.6 is 22.7 Å². The van der Waals surface area contributed by atoms with Crippen LogP contribution in [0.5, 0.6) is 0 Å². The maximum absolute atomic E-state index is 12.3. The van der Waals surface area contributed by atoms with E-state index in [1.165, 1.54) is 11.3 Å². The lowest BCUT2D eigenvalue weighted by Gasteiger charge is -2.07. The predicted molar refractivity (Wildman–Crippen MR) is 82.7 cm³/mol. The molecule has 0 saturated heterocycles. The molecule has 0 aliphatic heterocycles. The van der Waals surface area contributed by atoms with E-state index < -0.39 is 10.0 Å². The first-order valence-electron chi connectivity index (χ1n) is 6.11. The number of nitrogens with one attached hydrogen (secondary N) is 1. The summed E-state index contributed by atoms with van der Waals surface area (Å²) in [4.78, 5) is 5.34. The van der Waals surface area contributed by atoms with E-state index >= 15 is 0 Å². The monoisotopic (exact) mass is 331 g/mol. The Morgan fingerprint density at radius 1 is 1.30 bits per heavy atom. The van der Waals surface area contributed by atoms with Crippen LogP contribution in [-0.2, 0) is 23.0 Å². The molecule has 5 nitrogen and oxygen atoms in total. The number of thiophene rings is 1. The van der Waals surface area contributed by atoms with Gasteiger partial charge in [0.1, 0.15) is 4.90 Å². The molecule has 0 aliphatic rings. The topological polar surface area (TPSA) is 85.1 Å². The van der Waals surface area contributed by atoms with Crippen LogP contribution in [0.25, 0.3) is 0 Å². The Morgan fingerprint density at radius 3 is 2.65 bits per heavy atom. The highest BCUT2D eigenvalue weighted by molar-refractivity contribution is 7.89. The van der Waals surface area contributed by atoms with E-state index in [0.29, 0.717) is 22.7 Å². The van der Waals surface area contributed by atoms with Gasteiger partial charge in [0.2, 0.25) is 10.0 Å². The third kappa shape index (κ3) is 3.44. The minimum Gasteiger partial charge on any atom is -0.326 e. The van der Waals surface area contributed by atoms with E-state index in [1.807, 2.05) is 17.7 Å². The first-order valence-corrected chi connectivity index (χ1v) is 9.36. The summed E-state index contributed by atoms with van der Waals surface area (Å²) in [5, 5.41) is 4.76. The summed E-state index contributed by atoms with van der Waals surface area (Å²) >= 11 is 2.95. The van der Waals surface area contributed by atoms with Crippen LogP contribution in [0.2, 0.25) is 0 Å². The quantitative estimate of drug-likeness (QED) is 0.845. The molecular weight excluding hydrogens is 314 g/mol. The summed E-state index contributed by atoms with van der Waals surface area (Å²) in [6.45, 7) is 4.29. The van der Waals surface area contributed by atoms with Crippen molar-refractivity contribution >= 4 is 32.7 Å². The summed E-state index contributed by atoms with van der Waals surface area (Å²) in [7, 11) is -3.50. The second-order valence-corrected chi connectivity index (χ2v) is 8.11. The molecule has 2 aromatic rings. The Labute approximate surface area is 126 Å². The van der Waals surface area contributed by atoms with E-state index in [2.05, 4.69) is 9.71 Å². The summed E-state index contributed by atoms with van der Waals surface area (Å²) in [5.74, 6) is 0. The molecule has 0 aliphatic carbocycles. The van der Waals surface area contributed by atoms with E-state index in [9.17, 15) is 8.42 Å². The average Bonchev–Trinajstić information content (AvgIpc) is 2.95. The van der Waals surface area contributed by atoms with Gasteiger partial charge in [-0.1, -0.05) is 0 Å². The molecule has 0 radical (unpaired) electrons. The highest BCUT2D eigenvalue weighted by atomic mass is 32.2. The van der Waals surface area contributed by atoms with Gasteiger partial charge in [0.05, 0.1) is 10.7 Å². The standard InChI is InChI=1S/C12H17N3O2S3/c1-8-6-19-11(5-13)12(8)20(16,17)14-4-3-10-7-18-9(2)15-10/h6-7,14H,3-5,13H2,1-2H3. The van der Waals surface area contributed by atoms with Crippen molar-refractivity contribution in [3.05, 3.63) is 31.9 Å². The molecule has 110 valence electrons. The number of nitrogens with zero attached hydrogens (tertiary/aromatic N) is 1. The van der Waals surface area contributed by atoms with Crippen molar-refractivity contribution in [2.75, 3.05) is 6.54 Å². The third-order valence-electron chi connectivity index (χ3n) is 2.78. The molecular formula is C12H17N3O2S3. The average molecular weight is 331 g/mol. The van der Waals surface area contributed by atoms with Gasteiger partial charge in [-0.15, -0.1) is 22.7 Å². The number of sulfonamides is 1. The fraction of sp³-hybridized carbons (Fsp3) is 0.417. The van der Waals surface area contributed by atoms with Gasteiger partial charge in [0.15, 0.2) is 0 Å². The van der Waals surface area contributed by atoms with E-state index in [4.69, 9.17) is 5.73 Å². The molecule has 3 N–H and O–H groups in total. The molecule has 0 saturated carbocycles. The largest absolute Gasteiger partial charge is 0.326 e. The molecule has 0 unspecified atom stereocenters. The van der Waals surface area contributed by atoms with Gasteiger partial charge in [0, 0.05) is 29.8 Å². The number of thiazole rings is 1. The lowest BCUT2D eigenvalue weighted by Crippen LogP contribution is -2.27.